The zero-order valence-corrected chi connectivity index (χ0v) is 20.4. The Morgan fingerprint density at radius 3 is 2.31 bits per heavy atom. The van der Waals surface area contributed by atoms with Gasteiger partial charge in [-0.3, -0.25) is 9.59 Å². The van der Waals surface area contributed by atoms with E-state index in [1.165, 1.54) is 11.1 Å². The molecule has 3 atom stereocenters. The summed E-state index contributed by atoms with van der Waals surface area (Å²) in [5.41, 5.74) is 3.93. The number of fused-ring (bicyclic) bond motifs is 3. The number of amides is 2. The molecule has 7 heteroatoms. The number of carbonyl (C=O) groups is 3. The van der Waals surface area contributed by atoms with Crippen molar-refractivity contribution in [3.8, 4) is 11.1 Å². The maximum absolute atomic E-state index is 12.6. The Kier molecular flexibility index (Phi) is 7.43. The first kappa shape index (κ1) is 24.8. The van der Waals surface area contributed by atoms with Crippen molar-refractivity contribution in [3.05, 3.63) is 59.7 Å². The third-order valence-corrected chi connectivity index (χ3v) is 7.44. The molecule has 2 aromatic rings. The predicted molar refractivity (Wildman–Crippen MR) is 133 cm³/mol. The van der Waals surface area contributed by atoms with Crippen LogP contribution >= 0.6 is 0 Å². The van der Waals surface area contributed by atoms with Crippen LogP contribution in [-0.4, -0.2) is 41.3 Å². The minimum absolute atomic E-state index is 0.00680. The average Bonchev–Trinajstić information content (AvgIpc) is 3.15. The van der Waals surface area contributed by atoms with Gasteiger partial charge in [0.2, 0.25) is 5.91 Å². The highest BCUT2D eigenvalue weighted by Crippen LogP contribution is 2.44. The molecule has 0 aliphatic heterocycles. The van der Waals surface area contributed by atoms with E-state index in [9.17, 15) is 19.5 Å². The maximum Gasteiger partial charge on any atom is 0.407 e. The van der Waals surface area contributed by atoms with Gasteiger partial charge in [-0.2, -0.15) is 0 Å². The van der Waals surface area contributed by atoms with Gasteiger partial charge in [0.05, 0.1) is 11.5 Å². The van der Waals surface area contributed by atoms with E-state index in [1.807, 2.05) is 38.1 Å². The van der Waals surface area contributed by atoms with E-state index >= 15 is 0 Å². The van der Waals surface area contributed by atoms with Crippen molar-refractivity contribution in [2.24, 2.45) is 5.92 Å². The molecule has 2 aromatic carbocycles. The van der Waals surface area contributed by atoms with Crippen molar-refractivity contribution in [2.75, 3.05) is 6.61 Å². The number of benzene rings is 2. The summed E-state index contributed by atoms with van der Waals surface area (Å²) < 4.78 is 5.58. The lowest BCUT2D eigenvalue weighted by atomic mass is 9.74. The van der Waals surface area contributed by atoms with Crippen LogP contribution < -0.4 is 10.6 Å². The average molecular weight is 479 g/mol. The Hall–Kier alpha value is -3.35. The second-order valence-electron chi connectivity index (χ2n) is 10.0. The van der Waals surface area contributed by atoms with E-state index in [2.05, 4.69) is 34.9 Å². The Bertz CT molecular complexity index is 1050. The molecule has 1 fully saturated rings. The van der Waals surface area contributed by atoms with Gasteiger partial charge in [0.25, 0.3) is 0 Å². The highest BCUT2D eigenvalue weighted by atomic mass is 16.5. The molecule has 0 saturated heterocycles. The number of alkyl carbamates (subject to hydrolysis) is 1. The SMILES string of the molecule is CC(CCC(=O)NC1(C)CCCCC1C(=O)O)NC(=O)OCC1c2ccccc2-c2ccccc21. The number of aliphatic carboxylic acids is 1. The quantitative estimate of drug-likeness (QED) is 0.503. The summed E-state index contributed by atoms with van der Waals surface area (Å²) in [5, 5.41) is 15.3. The summed E-state index contributed by atoms with van der Waals surface area (Å²) in [6.07, 6.45) is 3.13. The zero-order valence-electron chi connectivity index (χ0n) is 20.4. The fourth-order valence-corrected chi connectivity index (χ4v) is 5.52. The van der Waals surface area contributed by atoms with Gasteiger partial charge in [0.1, 0.15) is 6.61 Å². The number of carbonyl (C=O) groups excluding carboxylic acids is 2. The molecule has 3 unspecified atom stereocenters. The van der Waals surface area contributed by atoms with Crippen molar-refractivity contribution in [3.63, 3.8) is 0 Å². The van der Waals surface area contributed by atoms with Gasteiger partial charge in [0.15, 0.2) is 0 Å². The fraction of sp³-hybridized carbons (Fsp3) is 0.464. The number of carboxylic acid groups (broad SMARTS) is 1. The highest BCUT2D eigenvalue weighted by Gasteiger charge is 2.42. The van der Waals surface area contributed by atoms with Crippen LogP contribution in [0, 0.1) is 5.92 Å². The zero-order chi connectivity index (χ0) is 25.0. The predicted octanol–water partition coefficient (Wildman–Crippen LogP) is 4.84. The third-order valence-electron chi connectivity index (χ3n) is 7.44. The van der Waals surface area contributed by atoms with Crippen LogP contribution in [0.25, 0.3) is 11.1 Å². The standard InChI is InChI=1S/C28H34N2O5/c1-18(14-15-25(31)30-28(2)16-8-7-13-24(28)26(32)33)29-27(34)35-17-23-21-11-5-3-9-19(21)20-10-4-6-12-22(20)23/h3-6,9-12,18,23-24H,7-8,13-17H2,1-2H3,(H,29,34)(H,30,31)(H,32,33). The van der Waals surface area contributed by atoms with E-state index in [4.69, 9.17) is 4.74 Å². The Morgan fingerprint density at radius 1 is 1.06 bits per heavy atom. The number of rotatable bonds is 8. The van der Waals surface area contributed by atoms with Crippen molar-refractivity contribution in [2.45, 2.75) is 69.9 Å². The van der Waals surface area contributed by atoms with Gasteiger partial charge >= 0.3 is 12.1 Å². The maximum atomic E-state index is 12.6. The van der Waals surface area contributed by atoms with Gasteiger partial charge in [-0.05, 0) is 55.4 Å². The topological polar surface area (TPSA) is 105 Å². The molecule has 2 aliphatic rings. The van der Waals surface area contributed by atoms with E-state index in [1.54, 1.807) is 0 Å². The van der Waals surface area contributed by atoms with Crippen molar-refractivity contribution in [1.82, 2.24) is 10.6 Å². The first-order valence-corrected chi connectivity index (χ1v) is 12.4. The molecule has 4 rings (SSSR count). The first-order chi connectivity index (χ1) is 16.8. The third kappa shape index (κ3) is 5.50. The normalized spacial score (nSPS) is 21.9. The van der Waals surface area contributed by atoms with Crippen molar-refractivity contribution < 1.29 is 24.2 Å². The van der Waals surface area contributed by atoms with Gasteiger partial charge in [-0.25, -0.2) is 4.79 Å². The summed E-state index contributed by atoms with van der Waals surface area (Å²) in [7, 11) is 0. The van der Waals surface area contributed by atoms with E-state index in [0.29, 0.717) is 19.3 Å². The number of ether oxygens (including phenoxy) is 1. The molecular formula is C28H34N2O5. The van der Waals surface area contributed by atoms with Gasteiger partial charge in [-0.15, -0.1) is 0 Å². The van der Waals surface area contributed by atoms with Crippen molar-refractivity contribution in [1.29, 1.82) is 0 Å². The van der Waals surface area contributed by atoms with Crippen LogP contribution in [0.1, 0.15) is 69.4 Å². The summed E-state index contributed by atoms with van der Waals surface area (Å²) in [6.45, 7) is 3.89. The molecule has 1 saturated carbocycles. The van der Waals surface area contributed by atoms with Crippen LogP contribution in [0.4, 0.5) is 4.79 Å². The summed E-state index contributed by atoms with van der Waals surface area (Å²) in [6, 6.07) is 16.1. The molecule has 2 amide bonds. The molecule has 0 bridgehead atoms. The molecule has 0 heterocycles. The molecule has 7 nitrogen and oxygen atoms in total. The lowest BCUT2D eigenvalue weighted by Gasteiger charge is -2.40. The lowest BCUT2D eigenvalue weighted by molar-refractivity contribution is -0.146. The van der Waals surface area contributed by atoms with Crippen LogP contribution in [0.2, 0.25) is 0 Å². The molecule has 2 aliphatic carbocycles. The fourth-order valence-electron chi connectivity index (χ4n) is 5.52. The number of hydrogen-bond donors (Lipinski definition) is 3. The lowest BCUT2D eigenvalue weighted by Crippen LogP contribution is -2.55. The molecule has 3 N–H and O–H groups in total. The van der Waals surface area contributed by atoms with Gasteiger partial charge in [-0.1, -0.05) is 61.4 Å². The molecule has 0 radical (unpaired) electrons. The largest absolute Gasteiger partial charge is 0.481 e. The molecule has 0 aromatic heterocycles. The van der Waals surface area contributed by atoms with Crippen LogP contribution in [0.3, 0.4) is 0 Å². The number of nitrogens with one attached hydrogen (secondary N) is 2. The van der Waals surface area contributed by atoms with Crippen LogP contribution in [-0.2, 0) is 14.3 Å². The summed E-state index contributed by atoms with van der Waals surface area (Å²) >= 11 is 0. The second kappa shape index (κ2) is 10.5. The Morgan fingerprint density at radius 2 is 1.69 bits per heavy atom. The monoisotopic (exact) mass is 478 g/mol. The number of hydrogen-bond acceptors (Lipinski definition) is 4. The van der Waals surface area contributed by atoms with E-state index in [-0.39, 0.29) is 30.9 Å². The second-order valence-corrected chi connectivity index (χ2v) is 10.0. The van der Waals surface area contributed by atoms with Crippen LogP contribution in [0.5, 0.6) is 0 Å². The first-order valence-electron chi connectivity index (χ1n) is 12.4. The molecule has 35 heavy (non-hydrogen) atoms. The minimum atomic E-state index is -0.863. The highest BCUT2D eigenvalue weighted by molar-refractivity contribution is 5.80. The smallest absolute Gasteiger partial charge is 0.407 e. The molecular weight excluding hydrogens is 444 g/mol. The van der Waals surface area contributed by atoms with Crippen molar-refractivity contribution >= 4 is 18.0 Å². The van der Waals surface area contributed by atoms with Crippen LogP contribution in [0.15, 0.2) is 48.5 Å². The molecule has 0 spiro atoms. The van der Waals surface area contributed by atoms with Gasteiger partial charge < -0.3 is 20.5 Å². The Labute approximate surface area is 206 Å². The van der Waals surface area contributed by atoms with E-state index in [0.717, 1.165) is 24.0 Å². The van der Waals surface area contributed by atoms with Gasteiger partial charge in [0, 0.05) is 18.4 Å². The molecule has 186 valence electrons. The number of carboxylic acids is 1. The Balaban J connectivity index is 1.25. The minimum Gasteiger partial charge on any atom is -0.481 e. The summed E-state index contributed by atoms with van der Waals surface area (Å²) in [4.78, 5) is 36.6. The van der Waals surface area contributed by atoms with E-state index < -0.39 is 23.5 Å². The summed E-state index contributed by atoms with van der Waals surface area (Å²) in [5.74, 6) is -1.64.